The van der Waals surface area contributed by atoms with E-state index in [9.17, 15) is 0 Å². The van der Waals surface area contributed by atoms with Gasteiger partial charge in [0.1, 0.15) is 0 Å². The molecule has 0 N–H and O–H groups in total. The summed E-state index contributed by atoms with van der Waals surface area (Å²) in [6, 6.07) is 16.4. The second-order valence-corrected chi connectivity index (χ2v) is 4.86. The number of aryl methyl sites for hydroxylation is 1. The minimum atomic E-state index is 0.806. The standard InChI is InChI=1S/C16H19/c1-13(2)6-5-7-14-10-11-15-8-3-4-9-16(15)12-14/h3-4,8-11,13H,5-7H2,1-2H3. The summed E-state index contributed by atoms with van der Waals surface area (Å²) in [6.07, 6.45) is 3.73. The zero-order chi connectivity index (χ0) is 11.4. The Labute approximate surface area is 98.3 Å². The van der Waals surface area contributed by atoms with Crippen molar-refractivity contribution in [2.45, 2.75) is 33.1 Å². The Kier molecular flexibility index (Phi) is 3.61. The van der Waals surface area contributed by atoms with E-state index in [4.69, 9.17) is 0 Å². The number of rotatable bonds is 4. The maximum atomic E-state index is 3.50. The molecule has 0 atom stereocenters. The molecule has 0 nitrogen and oxygen atoms in total. The highest BCUT2D eigenvalue weighted by Crippen LogP contribution is 2.17. The zero-order valence-electron chi connectivity index (χ0n) is 10.2. The Morgan fingerprint density at radius 3 is 2.69 bits per heavy atom. The third-order valence-electron chi connectivity index (χ3n) is 2.95. The maximum Gasteiger partial charge on any atom is -0.00643 e. The third kappa shape index (κ3) is 2.85. The van der Waals surface area contributed by atoms with E-state index in [0.29, 0.717) is 0 Å². The van der Waals surface area contributed by atoms with Crippen LogP contribution in [0.1, 0.15) is 32.3 Å². The first-order valence-electron chi connectivity index (χ1n) is 6.15. The Balaban J connectivity index is 2.08. The van der Waals surface area contributed by atoms with Gasteiger partial charge < -0.3 is 0 Å². The molecule has 0 heterocycles. The monoisotopic (exact) mass is 211 g/mol. The molecule has 0 amide bonds. The Bertz CT molecular complexity index is 454. The second-order valence-electron chi connectivity index (χ2n) is 4.86. The van der Waals surface area contributed by atoms with Gasteiger partial charge in [0.25, 0.3) is 0 Å². The average molecular weight is 211 g/mol. The van der Waals surface area contributed by atoms with E-state index in [1.807, 2.05) is 0 Å². The highest BCUT2D eigenvalue weighted by molar-refractivity contribution is 5.82. The van der Waals surface area contributed by atoms with E-state index in [2.05, 4.69) is 56.3 Å². The summed E-state index contributed by atoms with van der Waals surface area (Å²) >= 11 is 0. The molecule has 0 saturated carbocycles. The molecule has 0 spiro atoms. The van der Waals surface area contributed by atoms with Gasteiger partial charge >= 0.3 is 0 Å². The van der Waals surface area contributed by atoms with Crippen molar-refractivity contribution in [3.8, 4) is 0 Å². The van der Waals surface area contributed by atoms with E-state index in [0.717, 1.165) is 12.3 Å². The molecule has 16 heavy (non-hydrogen) atoms. The topological polar surface area (TPSA) is 0 Å². The van der Waals surface area contributed by atoms with Gasteiger partial charge in [0.05, 0.1) is 0 Å². The lowest BCUT2D eigenvalue weighted by Gasteiger charge is -2.05. The summed E-state index contributed by atoms with van der Waals surface area (Å²) in [5.74, 6) is 0.806. The molecule has 0 aliphatic heterocycles. The predicted octanol–water partition coefficient (Wildman–Crippen LogP) is 4.62. The predicted molar refractivity (Wildman–Crippen MR) is 70.6 cm³/mol. The van der Waals surface area contributed by atoms with Crippen LogP contribution in [-0.4, -0.2) is 0 Å². The van der Waals surface area contributed by atoms with E-state index in [1.54, 1.807) is 0 Å². The first-order valence-corrected chi connectivity index (χ1v) is 6.15. The molecular formula is C16H19. The SMILES string of the molecule is CC(C)CCCc1[c]c2ccccc2cc1. The molecule has 1 radical (unpaired) electrons. The first-order chi connectivity index (χ1) is 7.75. The summed E-state index contributed by atoms with van der Waals surface area (Å²) < 4.78 is 0. The molecule has 0 fully saturated rings. The van der Waals surface area contributed by atoms with Crippen molar-refractivity contribution in [2.75, 3.05) is 0 Å². The molecule has 0 heteroatoms. The smallest absolute Gasteiger partial charge is 0.00643 e. The number of fused-ring (bicyclic) bond motifs is 1. The van der Waals surface area contributed by atoms with Gasteiger partial charge in [0.15, 0.2) is 0 Å². The lowest BCUT2D eigenvalue weighted by atomic mass is 10.0. The Morgan fingerprint density at radius 1 is 1.06 bits per heavy atom. The van der Waals surface area contributed by atoms with Gasteiger partial charge in [0, 0.05) is 0 Å². The van der Waals surface area contributed by atoms with Crippen LogP contribution in [0.5, 0.6) is 0 Å². The van der Waals surface area contributed by atoms with Gasteiger partial charge in [-0.2, -0.15) is 0 Å². The summed E-state index contributed by atoms with van der Waals surface area (Å²) in [7, 11) is 0. The fraction of sp³-hybridized carbons (Fsp3) is 0.375. The van der Waals surface area contributed by atoms with Crippen LogP contribution in [0.3, 0.4) is 0 Å². The molecule has 2 aromatic carbocycles. The largest absolute Gasteiger partial charge is 0.0628 e. The fourth-order valence-corrected chi connectivity index (χ4v) is 2.01. The Hall–Kier alpha value is -1.30. The fourth-order valence-electron chi connectivity index (χ4n) is 2.01. The van der Waals surface area contributed by atoms with E-state index in [-0.39, 0.29) is 0 Å². The van der Waals surface area contributed by atoms with Crippen LogP contribution in [-0.2, 0) is 6.42 Å². The lowest BCUT2D eigenvalue weighted by Crippen LogP contribution is -1.91. The van der Waals surface area contributed by atoms with Crippen molar-refractivity contribution in [1.29, 1.82) is 0 Å². The van der Waals surface area contributed by atoms with Crippen molar-refractivity contribution in [1.82, 2.24) is 0 Å². The van der Waals surface area contributed by atoms with Crippen LogP contribution in [0.2, 0.25) is 0 Å². The quantitative estimate of drug-likeness (QED) is 0.692. The van der Waals surface area contributed by atoms with Crippen LogP contribution in [0.15, 0.2) is 36.4 Å². The van der Waals surface area contributed by atoms with Gasteiger partial charge in [-0.1, -0.05) is 56.7 Å². The second kappa shape index (κ2) is 5.16. The summed E-state index contributed by atoms with van der Waals surface area (Å²) in [5.41, 5.74) is 1.35. The normalized spacial score (nSPS) is 11.2. The van der Waals surface area contributed by atoms with E-state index < -0.39 is 0 Å². The summed E-state index contributed by atoms with van der Waals surface area (Å²) in [6.45, 7) is 4.56. The molecule has 83 valence electrons. The highest BCUT2D eigenvalue weighted by Gasteiger charge is 1.98. The molecule has 0 aromatic heterocycles. The van der Waals surface area contributed by atoms with Crippen molar-refractivity contribution in [3.05, 3.63) is 48.0 Å². The summed E-state index contributed by atoms with van der Waals surface area (Å²) in [4.78, 5) is 0. The molecule has 0 unspecified atom stereocenters. The van der Waals surface area contributed by atoms with Crippen molar-refractivity contribution in [2.24, 2.45) is 5.92 Å². The van der Waals surface area contributed by atoms with Crippen LogP contribution < -0.4 is 0 Å². The van der Waals surface area contributed by atoms with Gasteiger partial charge in [-0.05, 0) is 41.2 Å². The van der Waals surface area contributed by atoms with Crippen molar-refractivity contribution in [3.63, 3.8) is 0 Å². The Morgan fingerprint density at radius 2 is 1.88 bits per heavy atom. The maximum absolute atomic E-state index is 3.50. The molecule has 0 aliphatic carbocycles. The van der Waals surface area contributed by atoms with Crippen molar-refractivity contribution < 1.29 is 0 Å². The van der Waals surface area contributed by atoms with Crippen LogP contribution in [0, 0.1) is 12.0 Å². The van der Waals surface area contributed by atoms with Crippen molar-refractivity contribution >= 4 is 10.8 Å². The number of benzene rings is 2. The van der Waals surface area contributed by atoms with E-state index >= 15 is 0 Å². The molecule has 2 rings (SSSR count). The molecule has 0 saturated heterocycles. The number of hydrogen-bond donors (Lipinski definition) is 0. The molecular weight excluding hydrogens is 192 g/mol. The summed E-state index contributed by atoms with van der Waals surface area (Å²) in [5, 5.41) is 2.53. The minimum Gasteiger partial charge on any atom is -0.0628 e. The molecule has 0 bridgehead atoms. The zero-order valence-corrected chi connectivity index (χ0v) is 10.2. The lowest BCUT2D eigenvalue weighted by molar-refractivity contribution is 0.556. The first kappa shape index (κ1) is 11.2. The average Bonchev–Trinajstić information content (AvgIpc) is 2.28. The van der Waals surface area contributed by atoms with Gasteiger partial charge in [-0.3, -0.25) is 0 Å². The third-order valence-corrected chi connectivity index (χ3v) is 2.95. The van der Waals surface area contributed by atoms with E-state index in [1.165, 1.54) is 29.2 Å². The van der Waals surface area contributed by atoms with Gasteiger partial charge in [-0.25, -0.2) is 0 Å². The van der Waals surface area contributed by atoms with Crippen LogP contribution >= 0.6 is 0 Å². The highest BCUT2D eigenvalue weighted by atomic mass is 14.0. The van der Waals surface area contributed by atoms with Gasteiger partial charge in [0.2, 0.25) is 0 Å². The van der Waals surface area contributed by atoms with Gasteiger partial charge in [-0.15, -0.1) is 0 Å². The van der Waals surface area contributed by atoms with Crippen LogP contribution in [0.4, 0.5) is 0 Å². The molecule has 0 aliphatic rings. The van der Waals surface area contributed by atoms with Crippen LogP contribution in [0.25, 0.3) is 10.8 Å². The molecule has 2 aromatic rings. The number of hydrogen-bond acceptors (Lipinski definition) is 0. The minimum absolute atomic E-state index is 0.806.